The Hall–Kier alpha value is -1.56. The maximum absolute atomic E-state index is 12.9. The molecular formula is C22H40IN5O4. The number of rotatable bonds is 4. The number of halogens is 1. The van der Waals surface area contributed by atoms with Gasteiger partial charge in [-0.25, -0.2) is 9.78 Å². The van der Waals surface area contributed by atoms with Crippen LogP contribution in [0, 0.1) is 0 Å². The fraction of sp³-hybridized carbons (Fsp3) is 0.773. The molecule has 0 aliphatic carbocycles. The van der Waals surface area contributed by atoms with Crippen LogP contribution in [0.5, 0.6) is 0 Å². The average Bonchev–Trinajstić information content (AvgIpc) is 3.15. The zero-order valence-electron chi connectivity index (χ0n) is 21.0. The third kappa shape index (κ3) is 7.50. The van der Waals surface area contributed by atoms with Crippen LogP contribution in [0.4, 0.5) is 4.79 Å². The Morgan fingerprint density at radius 1 is 1.25 bits per heavy atom. The Balaban J connectivity index is 0.00000512. The highest BCUT2D eigenvalue weighted by atomic mass is 127. The van der Waals surface area contributed by atoms with Gasteiger partial charge in [0, 0.05) is 19.0 Å². The summed E-state index contributed by atoms with van der Waals surface area (Å²) in [5.74, 6) is 2.00. The molecule has 184 valence electrons. The molecule has 2 heterocycles. The summed E-state index contributed by atoms with van der Waals surface area (Å²) >= 11 is 0. The van der Waals surface area contributed by atoms with Crippen molar-refractivity contribution in [1.82, 2.24) is 20.5 Å². The highest BCUT2D eigenvalue weighted by Crippen LogP contribution is 2.33. The first-order valence-corrected chi connectivity index (χ1v) is 10.7. The Labute approximate surface area is 209 Å². The molecule has 1 aromatic rings. The third-order valence-corrected chi connectivity index (χ3v) is 4.92. The highest BCUT2D eigenvalue weighted by Gasteiger charge is 2.49. The summed E-state index contributed by atoms with van der Waals surface area (Å²) in [5, 5.41) is 6.47. The van der Waals surface area contributed by atoms with E-state index in [1.54, 1.807) is 18.1 Å². The van der Waals surface area contributed by atoms with Crippen LogP contribution >= 0.6 is 24.0 Å². The van der Waals surface area contributed by atoms with Gasteiger partial charge in [-0.15, -0.1) is 24.0 Å². The van der Waals surface area contributed by atoms with E-state index in [0.29, 0.717) is 24.9 Å². The summed E-state index contributed by atoms with van der Waals surface area (Å²) < 4.78 is 17.5. The zero-order chi connectivity index (χ0) is 23.6. The van der Waals surface area contributed by atoms with Crippen LogP contribution in [0.15, 0.2) is 15.6 Å². The molecule has 32 heavy (non-hydrogen) atoms. The van der Waals surface area contributed by atoms with Crippen molar-refractivity contribution in [2.24, 2.45) is 4.99 Å². The van der Waals surface area contributed by atoms with E-state index in [1.165, 1.54) is 0 Å². The number of guanidine groups is 1. The summed E-state index contributed by atoms with van der Waals surface area (Å²) in [5.41, 5.74) is -1.45. The lowest BCUT2D eigenvalue weighted by Crippen LogP contribution is -2.54. The van der Waals surface area contributed by atoms with Gasteiger partial charge in [-0.1, -0.05) is 20.8 Å². The van der Waals surface area contributed by atoms with Crippen LogP contribution in [-0.2, 0) is 21.4 Å². The number of hydrogen-bond acceptors (Lipinski definition) is 6. The highest BCUT2D eigenvalue weighted by molar-refractivity contribution is 14.0. The van der Waals surface area contributed by atoms with Crippen LogP contribution in [0.2, 0.25) is 0 Å². The lowest BCUT2D eigenvalue weighted by Gasteiger charge is -2.35. The Kier molecular flexibility index (Phi) is 9.41. The number of nitrogens with zero attached hydrogens (tertiary/aromatic N) is 3. The van der Waals surface area contributed by atoms with Gasteiger partial charge in [-0.05, 0) is 41.5 Å². The lowest BCUT2D eigenvalue weighted by molar-refractivity contribution is -0.0755. The summed E-state index contributed by atoms with van der Waals surface area (Å²) in [4.78, 5) is 23.1. The molecule has 0 spiro atoms. The first kappa shape index (κ1) is 28.5. The summed E-state index contributed by atoms with van der Waals surface area (Å²) in [6.45, 7) is 18.3. The molecule has 1 fully saturated rings. The monoisotopic (exact) mass is 565 g/mol. The van der Waals surface area contributed by atoms with Crippen molar-refractivity contribution in [1.29, 1.82) is 0 Å². The molecule has 2 rings (SSSR count). The van der Waals surface area contributed by atoms with E-state index in [9.17, 15) is 4.79 Å². The molecule has 10 heteroatoms. The van der Waals surface area contributed by atoms with Gasteiger partial charge in [0.1, 0.15) is 17.1 Å². The number of carbonyl (C=O) groups is 1. The Morgan fingerprint density at radius 3 is 2.38 bits per heavy atom. The molecule has 0 radical (unpaired) electrons. The molecule has 1 amide bonds. The molecule has 1 aromatic heterocycles. The largest absolute Gasteiger partial charge is 0.444 e. The van der Waals surface area contributed by atoms with E-state index in [-0.39, 0.29) is 41.5 Å². The van der Waals surface area contributed by atoms with Gasteiger partial charge in [-0.2, -0.15) is 0 Å². The number of amides is 1. The van der Waals surface area contributed by atoms with Gasteiger partial charge in [0.25, 0.3) is 0 Å². The fourth-order valence-corrected chi connectivity index (χ4v) is 3.44. The predicted octanol–water partition coefficient (Wildman–Crippen LogP) is 4.02. The number of aromatic nitrogens is 1. The number of carbonyl (C=O) groups excluding carboxylic acids is 1. The van der Waals surface area contributed by atoms with Crippen molar-refractivity contribution in [3.8, 4) is 0 Å². The van der Waals surface area contributed by atoms with E-state index in [4.69, 9.17) is 13.9 Å². The number of oxazole rings is 1. The maximum Gasteiger partial charge on any atom is 0.412 e. The SMILES string of the molecule is CN=C(NCc1ncc(C(C)(C)C)o1)NCC1C(C)OC(C)(C)N1C(=O)OC(C)(C)C.I. The summed E-state index contributed by atoms with van der Waals surface area (Å²) in [6, 6.07) is -0.224. The standard InChI is InChI=1S/C22H39N5O4.HI/c1-14-15(27(22(8,9)30-14)19(28)31-21(5,6)7)11-25-18(23-10)26-13-17-24-12-16(29-17)20(2,3)4;/h12,14-15H,11,13H2,1-10H3,(H2,23,25,26);1H. The second kappa shape index (κ2) is 10.6. The Bertz CT molecular complexity index is 795. The second-order valence-corrected chi connectivity index (χ2v) is 10.4. The molecule has 1 saturated heterocycles. The Morgan fingerprint density at radius 2 is 1.88 bits per heavy atom. The van der Waals surface area contributed by atoms with Crippen molar-refractivity contribution in [3.05, 3.63) is 17.8 Å². The smallest absolute Gasteiger partial charge is 0.412 e. The molecule has 9 nitrogen and oxygen atoms in total. The molecule has 1 aliphatic heterocycles. The topological polar surface area (TPSA) is 101 Å². The first-order chi connectivity index (χ1) is 14.1. The lowest BCUT2D eigenvalue weighted by atomic mass is 9.94. The normalized spacial score (nSPS) is 21.2. The summed E-state index contributed by atoms with van der Waals surface area (Å²) in [6.07, 6.45) is 1.19. The number of aliphatic imine (C=N–C) groups is 1. The molecule has 2 N–H and O–H groups in total. The van der Waals surface area contributed by atoms with Gasteiger partial charge in [0.2, 0.25) is 5.89 Å². The van der Waals surface area contributed by atoms with E-state index < -0.39 is 17.4 Å². The van der Waals surface area contributed by atoms with Crippen LogP contribution in [0.1, 0.15) is 74.0 Å². The fourth-order valence-electron chi connectivity index (χ4n) is 3.44. The van der Waals surface area contributed by atoms with Crippen molar-refractivity contribution >= 4 is 36.0 Å². The van der Waals surface area contributed by atoms with Crippen LogP contribution in [0.25, 0.3) is 0 Å². The van der Waals surface area contributed by atoms with Crippen molar-refractivity contribution in [2.75, 3.05) is 13.6 Å². The number of hydrogen-bond donors (Lipinski definition) is 2. The second-order valence-electron chi connectivity index (χ2n) is 10.4. The van der Waals surface area contributed by atoms with Gasteiger partial charge >= 0.3 is 6.09 Å². The van der Waals surface area contributed by atoms with Crippen LogP contribution in [0.3, 0.4) is 0 Å². The molecule has 1 aliphatic rings. The third-order valence-electron chi connectivity index (χ3n) is 4.92. The van der Waals surface area contributed by atoms with Crippen LogP contribution in [-0.4, -0.2) is 59.0 Å². The van der Waals surface area contributed by atoms with E-state index >= 15 is 0 Å². The quantitative estimate of drug-likeness (QED) is 0.323. The van der Waals surface area contributed by atoms with Gasteiger partial charge in [-0.3, -0.25) is 9.89 Å². The molecule has 0 saturated carbocycles. The average molecular weight is 565 g/mol. The first-order valence-electron chi connectivity index (χ1n) is 10.7. The molecule has 0 aromatic carbocycles. The van der Waals surface area contributed by atoms with Crippen molar-refractivity contribution in [3.63, 3.8) is 0 Å². The number of ether oxygens (including phenoxy) is 2. The van der Waals surface area contributed by atoms with E-state index in [2.05, 4.69) is 41.4 Å². The molecule has 2 atom stereocenters. The van der Waals surface area contributed by atoms with Gasteiger partial charge in [0.15, 0.2) is 5.96 Å². The van der Waals surface area contributed by atoms with Crippen LogP contribution < -0.4 is 10.6 Å². The number of nitrogens with one attached hydrogen (secondary N) is 2. The molecule has 0 bridgehead atoms. The summed E-state index contributed by atoms with van der Waals surface area (Å²) in [7, 11) is 1.69. The minimum atomic E-state index is -0.771. The van der Waals surface area contributed by atoms with Crippen molar-refractivity contribution < 1.29 is 18.7 Å². The maximum atomic E-state index is 12.9. The van der Waals surface area contributed by atoms with Gasteiger partial charge in [0.05, 0.1) is 24.9 Å². The van der Waals surface area contributed by atoms with E-state index in [1.807, 2.05) is 41.5 Å². The molecular weight excluding hydrogens is 525 g/mol. The minimum Gasteiger partial charge on any atom is -0.444 e. The predicted molar refractivity (Wildman–Crippen MR) is 135 cm³/mol. The molecule has 2 unspecified atom stereocenters. The minimum absolute atomic E-state index is 0. The van der Waals surface area contributed by atoms with E-state index in [0.717, 1.165) is 5.76 Å². The van der Waals surface area contributed by atoms with Crippen molar-refractivity contribution in [2.45, 2.75) is 97.7 Å². The van der Waals surface area contributed by atoms with Gasteiger partial charge < -0.3 is 24.5 Å². The zero-order valence-corrected chi connectivity index (χ0v) is 23.4.